The van der Waals surface area contributed by atoms with Crippen LogP contribution in [-0.2, 0) is 0 Å². The van der Waals surface area contributed by atoms with Gasteiger partial charge in [-0.15, -0.1) is 0 Å². The SMILES string of the molecule is Cc1ccc(-c2c3ccccc3c(C)c3ccccc23)cc1-c1ccc2ccccc2c1. The molecule has 0 amide bonds. The van der Waals surface area contributed by atoms with Crippen LogP contribution >= 0.6 is 0 Å². The van der Waals surface area contributed by atoms with Crippen molar-refractivity contribution < 1.29 is 0 Å². The molecule has 0 aliphatic heterocycles. The summed E-state index contributed by atoms with van der Waals surface area (Å²) in [5.74, 6) is 0. The van der Waals surface area contributed by atoms with Crippen LogP contribution in [0.4, 0.5) is 0 Å². The summed E-state index contributed by atoms with van der Waals surface area (Å²) in [6, 6.07) is 39.9. The average molecular weight is 409 g/mol. The Morgan fingerprint density at radius 2 is 1.00 bits per heavy atom. The average Bonchev–Trinajstić information content (AvgIpc) is 2.85. The van der Waals surface area contributed by atoms with Crippen LogP contribution in [0.15, 0.2) is 109 Å². The molecule has 0 heterocycles. The molecular weight excluding hydrogens is 384 g/mol. The molecule has 0 bridgehead atoms. The van der Waals surface area contributed by atoms with Gasteiger partial charge in [-0.25, -0.2) is 0 Å². The molecule has 0 atom stereocenters. The first kappa shape index (κ1) is 18.8. The number of hydrogen-bond donors (Lipinski definition) is 0. The first-order chi connectivity index (χ1) is 15.7. The maximum atomic E-state index is 2.38. The van der Waals surface area contributed by atoms with Crippen LogP contribution in [0, 0.1) is 13.8 Å². The molecule has 0 fully saturated rings. The molecule has 6 rings (SSSR count). The zero-order valence-corrected chi connectivity index (χ0v) is 18.4. The minimum absolute atomic E-state index is 1.27. The third-order valence-electron chi connectivity index (χ3n) is 6.79. The first-order valence-electron chi connectivity index (χ1n) is 11.2. The Morgan fingerprint density at radius 1 is 0.438 bits per heavy atom. The Balaban J connectivity index is 1.65. The van der Waals surface area contributed by atoms with Gasteiger partial charge in [0.25, 0.3) is 0 Å². The third kappa shape index (κ3) is 2.92. The van der Waals surface area contributed by atoms with Gasteiger partial charge in [-0.1, -0.05) is 97.1 Å². The highest BCUT2D eigenvalue weighted by molar-refractivity contribution is 6.15. The monoisotopic (exact) mass is 408 g/mol. The van der Waals surface area contributed by atoms with E-state index in [1.54, 1.807) is 0 Å². The minimum Gasteiger partial charge on any atom is -0.0616 e. The fraction of sp³-hybridized carbons (Fsp3) is 0.0625. The molecule has 6 aromatic carbocycles. The fourth-order valence-electron chi connectivity index (χ4n) is 5.10. The normalized spacial score (nSPS) is 11.4. The molecule has 0 saturated carbocycles. The van der Waals surface area contributed by atoms with Gasteiger partial charge in [0, 0.05) is 0 Å². The minimum atomic E-state index is 1.27. The van der Waals surface area contributed by atoms with Crippen LogP contribution in [0.25, 0.3) is 54.6 Å². The Hall–Kier alpha value is -3.90. The highest BCUT2D eigenvalue weighted by Crippen LogP contribution is 2.40. The summed E-state index contributed by atoms with van der Waals surface area (Å²) in [6.45, 7) is 4.45. The molecule has 0 saturated heterocycles. The lowest BCUT2D eigenvalue weighted by atomic mass is 9.87. The smallest absolute Gasteiger partial charge is 0.00264 e. The summed E-state index contributed by atoms with van der Waals surface area (Å²) in [6.07, 6.45) is 0. The second-order valence-corrected chi connectivity index (χ2v) is 8.68. The van der Waals surface area contributed by atoms with Gasteiger partial charge >= 0.3 is 0 Å². The van der Waals surface area contributed by atoms with Crippen molar-refractivity contribution in [3.05, 3.63) is 120 Å². The van der Waals surface area contributed by atoms with E-state index in [1.165, 1.54) is 65.7 Å². The summed E-state index contributed by atoms with van der Waals surface area (Å²) in [4.78, 5) is 0. The lowest BCUT2D eigenvalue weighted by Gasteiger charge is -2.17. The van der Waals surface area contributed by atoms with Crippen molar-refractivity contribution in [2.75, 3.05) is 0 Å². The molecule has 0 aliphatic carbocycles. The highest BCUT2D eigenvalue weighted by atomic mass is 14.2. The molecule has 0 aliphatic rings. The first-order valence-corrected chi connectivity index (χ1v) is 11.2. The van der Waals surface area contributed by atoms with E-state index in [4.69, 9.17) is 0 Å². The molecule has 0 spiro atoms. The van der Waals surface area contributed by atoms with Gasteiger partial charge in [-0.05, 0) is 91.7 Å². The van der Waals surface area contributed by atoms with Crippen molar-refractivity contribution in [3.63, 3.8) is 0 Å². The van der Waals surface area contributed by atoms with E-state index in [1.807, 2.05) is 0 Å². The zero-order chi connectivity index (χ0) is 21.7. The summed E-state index contributed by atoms with van der Waals surface area (Å²) >= 11 is 0. The number of aryl methyl sites for hydroxylation is 2. The molecule has 32 heavy (non-hydrogen) atoms. The summed E-state index contributed by atoms with van der Waals surface area (Å²) < 4.78 is 0. The molecular formula is C32H24. The molecule has 0 heteroatoms. The van der Waals surface area contributed by atoms with Crippen molar-refractivity contribution >= 4 is 32.3 Å². The van der Waals surface area contributed by atoms with Crippen LogP contribution < -0.4 is 0 Å². The number of hydrogen-bond acceptors (Lipinski definition) is 0. The maximum absolute atomic E-state index is 2.38. The van der Waals surface area contributed by atoms with E-state index < -0.39 is 0 Å². The second-order valence-electron chi connectivity index (χ2n) is 8.68. The number of fused-ring (bicyclic) bond motifs is 3. The van der Waals surface area contributed by atoms with E-state index in [0.717, 1.165) is 0 Å². The van der Waals surface area contributed by atoms with Crippen molar-refractivity contribution in [2.24, 2.45) is 0 Å². The predicted octanol–water partition coefficient (Wildman–Crippen LogP) is 9.10. The third-order valence-corrected chi connectivity index (χ3v) is 6.79. The number of benzene rings is 6. The van der Waals surface area contributed by atoms with Gasteiger partial charge in [-0.2, -0.15) is 0 Å². The van der Waals surface area contributed by atoms with E-state index in [9.17, 15) is 0 Å². The van der Waals surface area contributed by atoms with Gasteiger partial charge in [0.1, 0.15) is 0 Å². The van der Waals surface area contributed by atoms with Crippen molar-refractivity contribution in [3.8, 4) is 22.3 Å². The Labute approximate surface area is 188 Å². The summed E-state index contributed by atoms with van der Waals surface area (Å²) in [5, 5.41) is 7.85. The summed E-state index contributed by atoms with van der Waals surface area (Å²) in [7, 11) is 0. The fourth-order valence-corrected chi connectivity index (χ4v) is 5.10. The molecule has 152 valence electrons. The van der Waals surface area contributed by atoms with Crippen LogP contribution in [0.5, 0.6) is 0 Å². The highest BCUT2D eigenvalue weighted by Gasteiger charge is 2.14. The molecule has 6 aromatic rings. The van der Waals surface area contributed by atoms with Crippen molar-refractivity contribution in [2.45, 2.75) is 13.8 Å². The van der Waals surface area contributed by atoms with E-state index in [2.05, 4.69) is 123 Å². The lowest BCUT2D eigenvalue weighted by molar-refractivity contribution is 1.46. The lowest BCUT2D eigenvalue weighted by Crippen LogP contribution is -1.91. The van der Waals surface area contributed by atoms with Gasteiger partial charge in [0.05, 0.1) is 0 Å². The van der Waals surface area contributed by atoms with Gasteiger partial charge in [-0.3, -0.25) is 0 Å². The summed E-state index contributed by atoms with van der Waals surface area (Å²) in [5.41, 5.74) is 7.80. The predicted molar refractivity (Wildman–Crippen MR) is 139 cm³/mol. The van der Waals surface area contributed by atoms with Crippen molar-refractivity contribution in [1.82, 2.24) is 0 Å². The standard InChI is InChI=1S/C32H24/c1-21-15-16-26(20-31(21)25-18-17-23-9-3-4-10-24(23)19-25)32-29-13-7-5-11-27(29)22(2)28-12-6-8-14-30(28)32/h3-20H,1-2H3. The molecule has 0 aromatic heterocycles. The second kappa shape index (κ2) is 7.35. The topological polar surface area (TPSA) is 0 Å². The molecule has 0 unspecified atom stereocenters. The van der Waals surface area contributed by atoms with Gasteiger partial charge in [0.2, 0.25) is 0 Å². The number of rotatable bonds is 2. The van der Waals surface area contributed by atoms with Crippen LogP contribution in [0.3, 0.4) is 0 Å². The van der Waals surface area contributed by atoms with E-state index in [0.29, 0.717) is 0 Å². The van der Waals surface area contributed by atoms with Crippen LogP contribution in [0.2, 0.25) is 0 Å². The molecule has 0 N–H and O–H groups in total. The zero-order valence-electron chi connectivity index (χ0n) is 18.4. The van der Waals surface area contributed by atoms with Crippen LogP contribution in [0.1, 0.15) is 11.1 Å². The Bertz CT molecular complexity index is 1580. The Kier molecular flexibility index (Phi) is 4.33. The van der Waals surface area contributed by atoms with Gasteiger partial charge in [0.15, 0.2) is 0 Å². The molecule has 0 radical (unpaired) electrons. The molecule has 0 nitrogen and oxygen atoms in total. The van der Waals surface area contributed by atoms with E-state index >= 15 is 0 Å². The largest absolute Gasteiger partial charge is 0.0616 e. The quantitative estimate of drug-likeness (QED) is 0.251. The van der Waals surface area contributed by atoms with Gasteiger partial charge < -0.3 is 0 Å². The van der Waals surface area contributed by atoms with E-state index in [-0.39, 0.29) is 0 Å². The van der Waals surface area contributed by atoms with Crippen molar-refractivity contribution in [1.29, 1.82) is 0 Å². The Morgan fingerprint density at radius 3 is 1.69 bits per heavy atom. The maximum Gasteiger partial charge on any atom is -0.00264 e. The van der Waals surface area contributed by atoms with Crippen LogP contribution in [-0.4, -0.2) is 0 Å².